The van der Waals surface area contributed by atoms with Gasteiger partial charge < -0.3 is 9.80 Å². The SMILES string of the molecule is [C-]#[N+]c1c2ccccc2c(C#N)c2ccc(/C=C/c3ccc(N(c4ccccc4)c4ccc(N(C)C)cc4)cc3)cc12. The third-order valence-electron chi connectivity index (χ3n) is 7.50. The molecule has 0 saturated heterocycles. The number of nitriles is 1. The molecule has 0 saturated carbocycles. The number of anilines is 4. The summed E-state index contributed by atoms with van der Waals surface area (Å²) in [5.74, 6) is 0. The lowest BCUT2D eigenvalue weighted by atomic mass is 9.94. The quantitative estimate of drug-likeness (QED) is 0.120. The summed E-state index contributed by atoms with van der Waals surface area (Å²) >= 11 is 0. The van der Waals surface area contributed by atoms with Crippen LogP contribution in [0, 0.1) is 17.9 Å². The van der Waals surface area contributed by atoms with Gasteiger partial charge in [0.05, 0.1) is 12.1 Å². The molecule has 0 heterocycles. The Balaban J connectivity index is 1.33. The Hall–Kier alpha value is -5.84. The van der Waals surface area contributed by atoms with Crippen molar-refractivity contribution in [3.8, 4) is 6.07 Å². The van der Waals surface area contributed by atoms with E-state index in [0.717, 1.165) is 55.4 Å². The van der Waals surface area contributed by atoms with E-state index in [1.807, 2.05) is 62.6 Å². The zero-order chi connectivity index (χ0) is 29.1. The molecular weight excluding hydrogens is 512 g/mol. The maximum Gasteiger partial charge on any atom is 0.202 e. The van der Waals surface area contributed by atoms with Gasteiger partial charge in [0.1, 0.15) is 6.07 Å². The molecule has 200 valence electrons. The third kappa shape index (κ3) is 4.94. The number of rotatable bonds is 6. The van der Waals surface area contributed by atoms with Crippen LogP contribution in [0.15, 0.2) is 121 Å². The Kier molecular flexibility index (Phi) is 7.12. The highest BCUT2D eigenvalue weighted by atomic mass is 15.1. The molecule has 6 aromatic carbocycles. The number of para-hydroxylation sites is 1. The van der Waals surface area contributed by atoms with Crippen LogP contribution >= 0.6 is 0 Å². The Morgan fingerprint density at radius 1 is 0.595 bits per heavy atom. The van der Waals surface area contributed by atoms with Gasteiger partial charge in [0.2, 0.25) is 5.69 Å². The van der Waals surface area contributed by atoms with Crippen molar-refractivity contribution >= 4 is 62.1 Å². The lowest BCUT2D eigenvalue weighted by molar-refractivity contribution is 1.13. The van der Waals surface area contributed by atoms with Crippen molar-refractivity contribution in [2.75, 3.05) is 23.9 Å². The van der Waals surface area contributed by atoms with Crippen LogP contribution in [-0.2, 0) is 0 Å². The number of benzene rings is 6. The highest BCUT2D eigenvalue weighted by Crippen LogP contribution is 2.39. The fourth-order valence-corrected chi connectivity index (χ4v) is 5.37. The van der Waals surface area contributed by atoms with Crippen molar-refractivity contribution in [2.24, 2.45) is 0 Å². The van der Waals surface area contributed by atoms with Crippen LogP contribution in [0.2, 0.25) is 0 Å². The largest absolute Gasteiger partial charge is 0.378 e. The van der Waals surface area contributed by atoms with E-state index < -0.39 is 0 Å². The first-order valence-corrected chi connectivity index (χ1v) is 13.7. The summed E-state index contributed by atoms with van der Waals surface area (Å²) in [6.45, 7) is 7.87. The average Bonchev–Trinajstić information content (AvgIpc) is 3.04. The molecule has 0 atom stereocenters. The lowest BCUT2D eigenvalue weighted by Gasteiger charge is -2.26. The highest BCUT2D eigenvalue weighted by Gasteiger charge is 2.14. The second-order valence-corrected chi connectivity index (χ2v) is 10.3. The topological polar surface area (TPSA) is 34.6 Å². The van der Waals surface area contributed by atoms with E-state index >= 15 is 0 Å². The number of hydrogen-bond acceptors (Lipinski definition) is 3. The minimum Gasteiger partial charge on any atom is -0.378 e. The Bertz CT molecular complexity index is 2010. The first kappa shape index (κ1) is 26.4. The third-order valence-corrected chi connectivity index (χ3v) is 7.50. The molecular formula is C38H28N4. The van der Waals surface area contributed by atoms with E-state index in [9.17, 15) is 5.26 Å². The summed E-state index contributed by atoms with van der Waals surface area (Å²) in [6.07, 6.45) is 4.13. The maximum atomic E-state index is 9.91. The molecule has 4 nitrogen and oxygen atoms in total. The predicted molar refractivity (Wildman–Crippen MR) is 177 cm³/mol. The normalized spacial score (nSPS) is 11.0. The summed E-state index contributed by atoms with van der Waals surface area (Å²) < 4.78 is 0. The summed E-state index contributed by atoms with van der Waals surface area (Å²) in [5, 5.41) is 13.2. The summed E-state index contributed by atoms with van der Waals surface area (Å²) in [7, 11) is 4.09. The molecule has 4 heteroatoms. The van der Waals surface area contributed by atoms with Gasteiger partial charge in [-0.2, -0.15) is 5.26 Å². The molecule has 0 aliphatic carbocycles. The molecule has 0 aliphatic rings. The van der Waals surface area contributed by atoms with E-state index in [2.05, 4.69) is 106 Å². The van der Waals surface area contributed by atoms with Crippen LogP contribution in [0.3, 0.4) is 0 Å². The molecule has 0 bridgehead atoms. The van der Waals surface area contributed by atoms with Crippen molar-refractivity contribution in [1.29, 1.82) is 5.26 Å². The molecule has 0 spiro atoms. The summed E-state index contributed by atoms with van der Waals surface area (Å²) in [5.41, 5.74) is 7.64. The van der Waals surface area contributed by atoms with Gasteiger partial charge in [0.25, 0.3) is 0 Å². The summed E-state index contributed by atoms with van der Waals surface area (Å²) in [6, 6.07) is 43.4. The van der Waals surface area contributed by atoms with Crippen molar-refractivity contribution in [3.05, 3.63) is 149 Å². The van der Waals surface area contributed by atoms with Gasteiger partial charge in [0, 0.05) is 36.8 Å². The molecule has 0 unspecified atom stereocenters. The number of fused-ring (bicyclic) bond motifs is 2. The van der Waals surface area contributed by atoms with Crippen LogP contribution in [-0.4, -0.2) is 14.1 Å². The van der Waals surface area contributed by atoms with Crippen LogP contribution in [0.1, 0.15) is 16.7 Å². The Labute approximate surface area is 246 Å². The molecule has 0 fully saturated rings. The Morgan fingerprint density at radius 2 is 1.12 bits per heavy atom. The summed E-state index contributed by atoms with van der Waals surface area (Å²) in [4.78, 5) is 8.21. The lowest BCUT2D eigenvalue weighted by Crippen LogP contribution is -2.11. The van der Waals surface area contributed by atoms with E-state index in [1.54, 1.807) is 0 Å². The van der Waals surface area contributed by atoms with E-state index in [4.69, 9.17) is 6.57 Å². The van der Waals surface area contributed by atoms with E-state index in [-0.39, 0.29) is 0 Å². The van der Waals surface area contributed by atoms with Gasteiger partial charge in [-0.25, -0.2) is 4.85 Å². The molecule has 6 aromatic rings. The van der Waals surface area contributed by atoms with Gasteiger partial charge in [-0.15, -0.1) is 0 Å². The van der Waals surface area contributed by atoms with Gasteiger partial charge in [-0.1, -0.05) is 84.9 Å². The first-order chi connectivity index (χ1) is 20.6. The van der Waals surface area contributed by atoms with Crippen LogP contribution in [0.4, 0.5) is 28.4 Å². The van der Waals surface area contributed by atoms with Crippen LogP contribution < -0.4 is 9.80 Å². The van der Waals surface area contributed by atoms with Crippen molar-refractivity contribution < 1.29 is 0 Å². The number of nitrogens with zero attached hydrogens (tertiary/aromatic N) is 4. The van der Waals surface area contributed by atoms with Crippen molar-refractivity contribution in [3.63, 3.8) is 0 Å². The Morgan fingerprint density at radius 3 is 1.76 bits per heavy atom. The molecule has 0 aliphatic heterocycles. The van der Waals surface area contributed by atoms with Gasteiger partial charge >= 0.3 is 0 Å². The van der Waals surface area contributed by atoms with E-state index in [1.165, 1.54) is 0 Å². The monoisotopic (exact) mass is 540 g/mol. The van der Waals surface area contributed by atoms with E-state index in [0.29, 0.717) is 11.3 Å². The van der Waals surface area contributed by atoms with Crippen molar-refractivity contribution in [2.45, 2.75) is 0 Å². The molecule has 42 heavy (non-hydrogen) atoms. The minimum atomic E-state index is 0.582. The molecule has 0 radical (unpaired) electrons. The molecule has 0 N–H and O–H groups in total. The standard InChI is InChI=1S/C38H28N4/c1-40-38-35-12-8-7-11-33(35)37(26-39)34-24-17-28(25-36(34)38)14-13-27-15-18-31(19-16-27)42(30-9-5-4-6-10-30)32-22-20-29(21-23-32)41(2)3/h4-25H,2-3H3/b14-13+. The smallest absolute Gasteiger partial charge is 0.202 e. The van der Waals surface area contributed by atoms with Gasteiger partial charge in [0.15, 0.2) is 0 Å². The predicted octanol–water partition coefficient (Wildman–Crippen LogP) is 10.1. The fourth-order valence-electron chi connectivity index (χ4n) is 5.37. The maximum absolute atomic E-state index is 9.91. The molecule has 0 aromatic heterocycles. The second-order valence-electron chi connectivity index (χ2n) is 10.3. The van der Waals surface area contributed by atoms with Gasteiger partial charge in [-0.3, -0.25) is 0 Å². The second kappa shape index (κ2) is 11.3. The zero-order valence-corrected chi connectivity index (χ0v) is 23.5. The zero-order valence-electron chi connectivity index (χ0n) is 23.5. The van der Waals surface area contributed by atoms with Crippen LogP contribution in [0.25, 0.3) is 38.5 Å². The molecule has 0 amide bonds. The van der Waals surface area contributed by atoms with Gasteiger partial charge in [-0.05, 0) is 81.2 Å². The minimum absolute atomic E-state index is 0.582. The van der Waals surface area contributed by atoms with Crippen LogP contribution in [0.5, 0.6) is 0 Å². The average molecular weight is 541 g/mol. The fraction of sp³-hybridized carbons (Fsp3) is 0.0526. The highest BCUT2D eigenvalue weighted by molar-refractivity contribution is 6.15. The number of hydrogen-bond donors (Lipinski definition) is 0. The molecule has 6 rings (SSSR count). The van der Waals surface area contributed by atoms with Crippen molar-refractivity contribution in [1.82, 2.24) is 0 Å². The first-order valence-electron chi connectivity index (χ1n) is 13.7.